The Balaban J connectivity index is 2.75. The van der Waals surface area contributed by atoms with Crippen LogP contribution in [-0.2, 0) is 4.74 Å². The normalized spacial score (nSPS) is 12.1. The molecule has 7 nitrogen and oxygen atoms in total. The fourth-order valence-corrected chi connectivity index (χ4v) is 1.36. The van der Waals surface area contributed by atoms with Crippen LogP contribution in [0.2, 0.25) is 0 Å². The standard InChI is InChI=1S/C10H16N4O3/c1-7(6-17-2)5-12-10-8(14(15)16)3-4-9(11)13-10/h3-4,7H,5-6H2,1-2H3,(H3,11,12,13). The molecular weight excluding hydrogens is 224 g/mol. The van der Waals surface area contributed by atoms with E-state index in [0.29, 0.717) is 13.2 Å². The van der Waals surface area contributed by atoms with Crippen LogP contribution in [0.5, 0.6) is 0 Å². The van der Waals surface area contributed by atoms with Gasteiger partial charge in [-0.2, -0.15) is 0 Å². The highest BCUT2D eigenvalue weighted by Gasteiger charge is 2.15. The molecule has 94 valence electrons. The summed E-state index contributed by atoms with van der Waals surface area (Å²) in [4.78, 5) is 14.2. The van der Waals surface area contributed by atoms with Crippen molar-refractivity contribution in [1.82, 2.24) is 4.98 Å². The van der Waals surface area contributed by atoms with Gasteiger partial charge in [0.25, 0.3) is 0 Å². The Morgan fingerprint density at radius 3 is 2.94 bits per heavy atom. The largest absolute Gasteiger partial charge is 0.384 e. The molecule has 0 spiro atoms. The van der Waals surface area contributed by atoms with Crippen LogP contribution >= 0.6 is 0 Å². The Labute approximate surface area is 99.1 Å². The maximum Gasteiger partial charge on any atom is 0.311 e. The number of nitrogens with two attached hydrogens (primary N) is 1. The van der Waals surface area contributed by atoms with Gasteiger partial charge in [-0.05, 0) is 12.0 Å². The molecule has 0 bridgehead atoms. The Hall–Kier alpha value is -1.89. The molecule has 7 heteroatoms. The van der Waals surface area contributed by atoms with E-state index in [0.717, 1.165) is 0 Å². The Kier molecular flexibility index (Phi) is 4.65. The van der Waals surface area contributed by atoms with Gasteiger partial charge in [-0.15, -0.1) is 0 Å². The molecule has 1 rings (SSSR count). The highest BCUT2D eigenvalue weighted by atomic mass is 16.6. The first-order valence-corrected chi connectivity index (χ1v) is 5.18. The van der Waals surface area contributed by atoms with Gasteiger partial charge < -0.3 is 15.8 Å². The third kappa shape index (κ3) is 3.87. The highest BCUT2D eigenvalue weighted by Crippen LogP contribution is 2.22. The lowest BCUT2D eigenvalue weighted by Gasteiger charge is -2.12. The molecule has 0 saturated heterocycles. The highest BCUT2D eigenvalue weighted by molar-refractivity contribution is 5.59. The molecule has 0 saturated carbocycles. The molecule has 0 aliphatic carbocycles. The molecule has 0 aromatic carbocycles. The molecule has 1 atom stereocenters. The number of ether oxygens (including phenoxy) is 1. The van der Waals surface area contributed by atoms with E-state index >= 15 is 0 Å². The molecule has 3 N–H and O–H groups in total. The number of hydrogen-bond donors (Lipinski definition) is 2. The SMILES string of the molecule is COCC(C)CNc1nc(N)ccc1[N+](=O)[O-]. The van der Waals surface area contributed by atoms with Crippen molar-refractivity contribution < 1.29 is 9.66 Å². The molecule has 0 amide bonds. The number of methoxy groups -OCH3 is 1. The van der Waals surface area contributed by atoms with Crippen molar-refractivity contribution in [3.8, 4) is 0 Å². The molecular formula is C10H16N4O3. The van der Waals surface area contributed by atoms with Crippen LogP contribution in [0, 0.1) is 16.0 Å². The number of pyridine rings is 1. The molecule has 0 aliphatic rings. The van der Waals surface area contributed by atoms with Crippen LogP contribution in [0.4, 0.5) is 17.3 Å². The number of nitrogen functional groups attached to an aromatic ring is 1. The first-order valence-electron chi connectivity index (χ1n) is 5.18. The van der Waals surface area contributed by atoms with Crippen LogP contribution in [-0.4, -0.2) is 30.2 Å². The Bertz CT molecular complexity index is 397. The molecule has 0 aliphatic heterocycles. The van der Waals surface area contributed by atoms with Crippen molar-refractivity contribution >= 4 is 17.3 Å². The molecule has 17 heavy (non-hydrogen) atoms. The van der Waals surface area contributed by atoms with E-state index in [1.165, 1.54) is 12.1 Å². The van der Waals surface area contributed by atoms with Crippen LogP contribution in [0.15, 0.2) is 12.1 Å². The molecule has 1 heterocycles. The second kappa shape index (κ2) is 6.00. The molecule has 1 aromatic heterocycles. The number of nitrogens with zero attached hydrogens (tertiary/aromatic N) is 2. The van der Waals surface area contributed by atoms with Crippen molar-refractivity contribution in [1.29, 1.82) is 0 Å². The zero-order valence-corrected chi connectivity index (χ0v) is 9.84. The topological polar surface area (TPSA) is 103 Å². The fourth-order valence-electron chi connectivity index (χ4n) is 1.36. The monoisotopic (exact) mass is 240 g/mol. The van der Waals surface area contributed by atoms with E-state index in [4.69, 9.17) is 10.5 Å². The summed E-state index contributed by atoms with van der Waals surface area (Å²) in [6.07, 6.45) is 0. The predicted octanol–water partition coefficient (Wildman–Crippen LogP) is 1.27. The smallest absolute Gasteiger partial charge is 0.311 e. The van der Waals surface area contributed by atoms with Crippen LogP contribution < -0.4 is 11.1 Å². The summed E-state index contributed by atoms with van der Waals surface area (Å²) in [6.45, 7) is 3.07. The number of nitrogens with one attached hydrogen (secondary N) is 1. The fraction of sp³-hybridized carbons (Fsp3) is 0.500. The van der Waals surface area contributed by atoms with Crippen LogP contribution in [0.25, 0.3) is 0 Å². The van der Waals surface area contributed by atoms with Gasteiger partial charge in [-0.1, -0.05) is 6.92 Å². The number of aromatic nitrogens is 1. The maximum absolute atomic E-state index is 10.8. The number of nitro groups is 1. The van der Waals surface area contributed by atoms with Gasteiger partial charge in [0, 0.05) is 19.7 Å². The first kappa shape index (κ1) is 13.2. The summed E-state index contributed by atoms with van der Waals surface area (Å²) in [6, 6.07) is 2.74. The van der Waals surface area contributed by atoms with E-state index in [-0.39, 0.29) is 23.2 Å². The Morgan fingerprint density at radius 2 is 2.35 bits per heavy atom. The van der Waals surface area contributed by atoms with Crippen LogP contribution in [0.1, 0.15) is 6.92 Å². The zero-order valence-electron chi connectivity index (χ0n) is 9.84. The molecule has 1 unspecified atom stereocenters. The van der Waals surface area contributed by atoms with Gasteiger partial charge in [-0.25, -0.2) is 4.98 Å². The number of rotatable bonds is 6. The maximum atomic E-state index is 10.8. The van der Waals surface area contributed by atoms with E-state index in [2.05, 4.69) is 10.3 Å². The van der Waals surface area contributed by atoms with E-state index in [1.807, 2.05) is 6.92 Å². The van der Waals surface area contributed by atoms with Gasteiger partial charge in [0.1, 0.15) is 5.82 Å². The summed E-state index contributed by atoms with van der Waals surface area (Å²) < 4.78 is 4.97. The lowest BCUT2D eigenvalue weighted by molar-refractivity contribution is -0.384. The number of hydrogen-bond acceptors (Lipinski definition) is 6. The van der Waals surface area contributed by atoms with Crippen molar-refractivity contribution in [3.63, 3.8) is 0 Å². The van der Waals surface area contributed by atoms with Gasteiger partial charge in [0.2, 0.25) is 5.82 Å². The van der Waals surface area contributed by atoms with Gasteiger partial charge >= 0.3 is 5.69 Å². The quantitative estimate of drug-likeness (QED) is 0.573. The summed E-state index contributed by atoms with van der Waals surface area (Å²) in [5.74, 6) is 0.665. The van der Waals surface area contributed by atoms with Crippen molar-refractivity contribution in [2.75, 3.05) is 31.3 Å². The summed E-state index contributed by atoms with van der Waals surface area (Å²) >= 11 is 0. The van der Waals surface area contributed by atoms with Crippen LogP contribution in [0.3, 0.4) is 0 Å². The molecule has 0 fully saturated rings. The average Bonchev–Trinajstić information content (AvgIpc) is 2.26. The van der Waals surface area contributed by atoms with Crippen molar-refractivity contribution in [3.05, 3.63) is 22.2 Å². The second-order valence-corrected chi connectivity index (χ2v) is 3.80. The predicted molar refractivity (Wildman–Crippen MR) is 64.8 cm³/mol. The summed E-state index contributed by atoms with van der Waals surface area (Å²) in [5.41, 5.74) is 5.41. The minimum absolute atomic E-state index is 0.0798. The van der Waals surface area contributed by atoms with Crippen molar-refractivity contribution in [2.24, 2.45) is 5.92 Å². The minimum atomic E-state index is -0.490. The first-order chi connectivity index (χ1) is 8.04. The number of anilines is 2. The minimum Gasteiger partial charge on any atom is -0.384 e. The lowest BCUT2D eigenvalue weighted by atomic mass is 10.2. The second-order valence-electron chi connectivity index (χ2n) is 3.80. The van der Waals surface area contributed by atoms with Crippen molar-refractivity contribution in [2.45, 2.75) is 6.92 Å². The van der Waals surface area contributed by atoms with E-state index < -0.39 is 4.92 Å². The van der Waals surface area contributed by atoms with Gasteiger partial charge in [-0.3, -0.25) is 10.1 Å². The Morgan fingerprint density at radius 1 is 1.65 bits per heavy atom. The summed E-state index contributed by atoms with van der Waals surface area (Å²) in [5, 5.41) is 13.7. The summed E-state index contributed by atoms with van der Waals surface area (Å²) in [7, 11) is 1.61. The average molecular weight is 240 g/mol. The zero-order chi connectivity index (χ0) is 12.8. The molecule has 0 radical (unpaired) electrons. The van der Waals surface area contributed by atoms with E-state index in [9.17, 15) is 10.1 Å². The van der Waals surface area contributed by atoms with E-state index in [1.54, 1.807) is 7.11 Å². The van der Waals surface area contributed by atoms with Gasteiger partial charge in [0.15, 0.2) is 0 Å². The lowest BCUT2D eigenvalue weighted by Crippen LogP contribution is -2.17. The third-order valence-electron chi connectivity index (χ3n) is 2.16. The third-order valence-corrected chi connectivity index (χ3v) is 2.16. The van der Waals surface area contributed by atoms with Gasteiger partial charge in [0.05, 0.1) is 11.5 Å². The molecule has 1 aromatic rings.